The van der Waals surface area contributed by atoms with E-state index in [-0.39, 0.29) is 5.57 Å². The van der Waals surface area contributed by atoms with Gasteiger partial charge in [0.15, 0.2) is 0 Å². The highest BCUT2D eigenvalue weighted by molar-refractivity contribution is 7.15. The topological polar surface area (TPSA) is 97.1 Å². The van der Waals surface area contributed by atoms with Crippen LogP contribution in [0.3, 0.4) is 0 Å². The number of aromatic nitrogens is 2. The lowest BCUT2D eigenvalue weighted by atomic mass is 10.1. The quantitative estimate of drug-likeness (QED) is 0.304. The molecule has 0 spiro atoms. The molecule has 158 valence electrons. The van der Waals surface area contributed by atoms with Crippen LogP contribution < -0.4 is 14.8 Å². The molecule has 0 bridgehead atoms. The summed E-state index contributed by atoms with van der Waals surface area (Å²) in [6.07, 6.45) is 2.25. The molecule has 8 heteroatoms. The van der Waals surface area contributed by atoms with Gasteiger partial charge in [0.1, 0.15) is 41.4 Å². The van der Waals surface area contributed by atoms with Crippen LogP contribution in [0.4, 0.5) is 5.13 Å². The van der Waals surface area contributed by atoms with Crippen molar-refractivity contribution in [2.24, 2.45) is 0 Å². The lowest BCUT2D eigenvalue weighted by Gasteiger charge is -2.09. The summed E-state index contributed by atoms with van der Waals surface area (Å²) in [6, 6.07) is 16.9. The van der Waals surface area contributed by atoms with Crippen molar-refractivity contribution in [3.63, 3.8) is 0 Å². The molecule has 0 aliphatic rings. The van der Waals surface area contributed by atoms with Crippen LogP contribution in [-0.2, 0) is 11.2 Å². The Morgan fingerprint density at radius 2 is 1.87 bits per heavy atom. The smallest absolute Gasteiger partial charge is 0.268 e. The second-order valence-electron chi connectivity index (χ2n) is 6.56. The summed E-state index contributed by atoms with van der Waals surface area (Å²) in [5.41, 5.74) is 1.83. The van der Waals surface area contributed by atoms with E-state index in [1.165, 1.54) is 17.4 Å². The fourth-order valence-electron chi connectivity index (χ4n) is 2.61. The van der Waals surface area contributed by atoms with Crippen LogP contribution in [-0.4, -0.2) is 29.3 Å². The fraction of sp³-hybridized carbons (Fsp3) is 0.217. The molecule has 0 saturated heterocycles. The van der Waals surface area contributed by atoms with E-state index in [2.05, 4.69) is 15.5 Å². The monoisotopic (exact) mass is 434 g/mol. The summed E-state index contributed by atoms with van der Waals surface area (Å²) in [6.45, 7) is 4.79. The Morgan fingerprint density at radius 3 is 2.52 bits per heavy atom. The number of hydrogen-bond donors (Lipinski definition) is 1. The number of benzene rings is 2. The summed E-state index contributed by atoms with van der Waals surface area (Å²) < 4.78 is 11.3. The standard InChI is InChI=1S/C23H22N4O3S/c1-3-21-26-27-23(31-21)25-22(28)18(15-24)14-17-7-9-19(10-8-17)29-11-12-30-20-6-4-5-16(2)13-20/h4-10,13-14H,3,11-12H2,1-2H3,(H,25,27,28). The van der Waals surface area contributed by atoms with Crippen LogP contribution in [0.5, 0.6) is 11.5 Å². The molecule has 3 aromatic rings. The normalized spacial score (nSPS) is 10.9. The van der Waals surface area contributed by atoms with Gasteiger partial charge in [-0.05, 0) is 54.8 Å². The number of rotatable bonds is 9. The maximum absolute atomic E-state index is 12.3. The van der Waals surface area contributed by atoms with Crippen molar-refractivity contribution >= 4 is 28.5 Å². The molecular formula is C23H22N4O3S. The average molecular weight is 435 g/mol. The van der Waals surface area contributed by atoms with E-state index in [0.717, 1.165) is 22.7 Å². The van der Waals surface area contributed by atoms with Gasteiger partial charge in [0.05, 0.1) is 0 Å². The van der Waals surface area contributed by atoms with Gasteiger partial charge >= 0.3 is 0 Å². The molecule has 0 unspecified atom stereocenters. The highest BCUT2D eigenvalue weighted by Gasteiger charge is 2.12. The molecule has 2 aromatic carbocycles. The van der Waals surface area contributed by atoms with Crippen molar-refractivity contribution in [2.45, 2.75) is 20.3 Å². The number of carbonyl (C=O) groups excluding carboxylic acids is 1. The van der Waals surface area contributed by atoms with E-state index in [9.17, 15) is 10.1 Å². The van der Waals surface area contributed by atoms with Gasteiger partial charge in [0.25, 0.3) is 5.91 Å². The average Bonchev–Trinajstić information content (AvgIpc) is 3.23. The zero-order valence-electron chi connectivity index (χ0n) is 17.3. The minimum atomic E-state index is -0.519. The molecule has 1 aromatic heterocycles. The minimum Gasteiger partial charge on any atom is -0.490 e. The highest BCUT2D eigenvalue weighted by Crippen LogP contribution is 2.18. The number of anilines is 1. The number of carbonyl (C=O) groups is 1. The second kappa shape index (κ2) is 10.9. The third-order valence-corrected chi connectivity index (χ3v) is 5.14. The van der Waals surface area contributed by atoms with E-state index in [1.807, 2.05) is 44.2 Å². The van der Waals surface area contributed by atoms with Crippen molar-refractivity contribution in [3.05, 3.63) is 70.2 Å². The maximum Gasteiger partial charge on any atom is 0.268 e. The van der Waals surface area contributed by atoms with Crippen molar-refractivity contribution in [2.75, 3.05) is 18.5 Å². The van der Waals surface area contributed by atoms with E-state index >= 15 is 0 Å². The molecule has 0 aliphatic carbocycles. The fourth-order valence-corrected chi connectivity index (χ4v) is 3.29. The predicted molar refractivity (Wildman–Crippen MR) is 120 cm³/mol. The summed E-state index contributed by atoms with van der Waals surface area (Å²) >= 11 is 1.29. The molecule has 1 heterocycles. The van der Waals surface area contributed by atoms with Gasteiger partial charge in [-0.2, -0.15) is 5.26 Å². The number of amides is 1. The Bertz CT molecular complexity index is 1100. The lowest BCUT2D eigenvalue weighted by Crippen LogP contribution is -2.13. The van der Waals surface area contributed by atoms with Crippen LogP contribution in [0, 0.1) is 18.3 Å². The molecule has 0 fully saturated rings. The largest absolute Gasteiger partial charge is 0.490 e. The first-order valence-corrected chi connectivity index (χ1v) is 10.6. The highest BCUT2D eigenvalue weighted by atomic mass is 32.1. The molecule has 31 heavy (non-hydrogen) atoms. The van der Waals surface area contributed by atoms with Gasteiger partial charge in [0.2, 0.25) is 5.13 Å². The molecule has 0 aliphatic heterocycles. The molecule has 1 N–H and O–H groups in total. The molecule has 0 atom stereocenters. The number of nitrogens with one attached hydrogen (secondary N) is 1. The van der Waals surface area contributed by atoms with Crippen LogP contribution in [0.2, 0.25) is 0 Å². The van der Waals surface area contributed by atoms with Crippen LogP contribution in [0.15, 0.2) is 54.1 Å². The Labute approximate surface area is 185 Å². The Hall–Kier alpha value is -3.70. The first-order chi connectivity index (χ1) is 15.1. The Kier molecular flexibility index (Phi) is 7.73. The zero-order valence-corrected chi connectivity index (χ0v) is 18.1. The molecular weight excluding hydrogens is 412 g/mol. The summed E-state index contributed by atoms with van der Waals surface area (Å²) in [5, 5.41) is 21.0. The summed E-state index contributed by atoms with van der Waals surface area (Å²) in [4.78, 5) is 12.3. The van der Waals surface area contributed by atoms with E-state index < -0.39 is 5.91 Å². The molecule has 1 amide bonds. The zero-order chi connectivity index (χ0) is 22.1. The van der Waals surface area contributed by atoms with Gasteiger partial charge in [-0.25, -0.2) is 0 Å². The van der Waals surface area contributed by atoms with Gasteiger partial charge < -0.3 is 9.47 Å². The molecule has 0 radical (unpaired) electrons. The third kappa shape index (κ3) is 6.66. The van der Waals surface area contributed by atoms with Gasteiger partial charge in [-0.3, -0.25) is 10.1 Å². The van der Waals surface area contributed by atoms with Crippen LogP contribution in [0.1, 0.15) is 23.1 Å². The summed E-state index contributed by atoms with van der Waals surface area (Å²) in [7, 11) is 0. The van der Waals surface area contributed by atoms with Crippen molar-refractivity contribution in [3.8, 4) is 17.6 Å². The van der Waals surface area contributed by atoms with Gasteiger partial charge in [0, 0.05) is 0 Å². The summed E-state index contributed by atoms with van der Waals surface area (Å²) in [5.74, 6) is 0.967. The van der Waals surface area contributed by atoms with E-state index in [1.54, 1.807) is 24.3 Å². The maximum atomic E-state index is 12.3. The number of nitriles is 1. The lowest BCUT2D eigenvalue weighted by molar-refractivity contribution is -0.112. The Balaban J connectivity index is 1.52. The molecule has 3 rings (SSSR count). The van der Waals surface area contributed by atoms with Crippen LogP contribution >= 0.6 is 11.3 Å². The second-order valence-corrected chi connectivity index (χ2v) is 7.62. The number of ether oxygens (including phenoxy) is 2. The first-order valence-electron chi connectivity index (χ1n) is 9.75. The van der Waals surface area contributed by atoms with E-state index in [0.29, 0.717) is 29.7 Å². The third-order valence-electron chi connectivity index (χ3n) is 4.16. The Morgan fingerprint density at radius 1 is 1.13 bits per heavy atom. The SMILES string of the molecule is CCc1nnc(NC(=O)C(C#N)=Cc2ccc(OCCOc3cccc(C)c3)cc2)s1. The predicted octanol–water partition coefficient (Wildman–Crippen LogP) is 4.41. The molecule has 7 nitrogen and oxygen atoms in total. The minimum absolute atomic E-state index is 0.0199. The number of hydrogen-bond acceptors (Lipinski definition) is 7. The van der Waals surface area contributed by atoms with Crippen molar-refractivity contribution in [1.29, 1.82) is 5.26 Å². The van der Waals surface area contributed by atoms with Crippen LogP contribution in [0.25, 0.3) is 6.08 Å². The molecule has 0 saturated carbocycles. The van der Waals surface area contributed by atoms with Gasteiger partial charge in [-0.1, -0.05) is 42.5 Å². The van der Waals surface area contributed by atoms with Crippen molar-refractivity contribution in [1.82, 2.24) is 10.2 Å². The number of nitrogens with zero attached hydrogens (tertiary/aromatic N) is 3. The number of aryl methyl sites for hydroxylation is 2. The van der Waals surface area contributed by atoms with Crippen molar-refractivity contribution < 1.29 is 14.3 Å². The van der Waals surface area contributed by atoms with E-state index in [4.69, 9.17) is 9.47 Å². The first kappa shape index (κ1) is 22.0. The van der Waals surface area contributed by atoms with Gasteiger partial charge in [-0.15, -0.1) is 10.2 Å².